The van der Waals surface area contributed by atoms with Gasteiger partial charge < -0.3 is 10.6 Å². The molecule has 0 aromatic heterocycles. The van der Waals surface area contributed by atoms with Crippen LogP contribution in [-0.2, 0) is 0 Å². The second-order valence-electron chi connectivity index (χ2n) is 5.20. The van der Waals surface area contributed by atoms with Crippen LogP contribution in [0.1, 0.15) is 29.8 Å². The molecule has 1 aliphatic rings. The number of carbonyl (C=O) groups is 1. The smallest absolute Gasteiger partial charge is 0.255 e. The third-order valence-electron chi connectivity index (χ3n) is 3.83. The van der Waals surface area contributed by atoms with E-state index in [-0.39, 0.29) is 5.91 Å². The van der Waals surface area contributed by atoms with Crippen molar-refractivity contribution in [3.8, 4) is 0 Å². The van der Waals surface area contributed by atoms with Crippen LogP contribution >= 0.6 is 0 Å². The van der Waals surface area contributed by atoms with Gasteiger partial charge in [0.05, 0.1) is 5.56 Å². The SMILES string of the molecule is Cc1cccc(C(=O)N2CC(C)C(C)C2)c1N. The van der Waals surface area contributed by atoms with E-state index in [9.17, 15) is 4.79 Å². The van der Waals surface area contributed by atoms with E-state index >= 15 is 0 Å². The summed E-state index contributed by atoms with van der Waals surface area (Å²) in [5, 5.41) is 0. The third-order valence-corrected chi connectivity index (χ3v) is 3.83. The van der Waals surface area contributed by atoms with Gasteiger partial charge in [-0.15, -0.1) is 0 Å². The highest BCUT2D eigenvalue weighted by molar-refractivity contribution is 5.99. The van der Waals surface area contributed by atoms with Crippen LogP contribution in [0.5, 0.6) is 0 Å². The second-order valence-corrected chi connectivity index (χ2v) is 5.20. The second kappa shape index (κ2) is 4.40. The summed E-state index contributed by atoms with van der Waals surface area (Å²) in [5.41, 5.74) is 8.20. The van der Waals surface area contributed by atoms with E-state index in [1.54, 1.807) is 0 Å². The summed E-state index contributed by atoms with van der Waals surface area (Å²) in [6.07, 6.45) is 0. The van der Waals surface area contributed by atoms with E-state index in [1.807, 2.05) is 30.0 Å². The first-order valence-corrected chi connectivity index (χ1v) is 6.15. The highest BCUT2D eigenvalue weighted by Gasteiger charge is 2.30. The highest BCUT2D eigenvalue weighted by atomic mass is 16.2. The topological polar surface area (TPSA) is 46.3 Å². The predicted molar refractivity (Wildman–Crippen MR) is 69.8 cm³/mol. The van der Waals surface area contributed by atoms with Gasteiger partial charge in [0.2, 0.25) is 0 Å². The zero-order valence-corrected chi connectivity index (χ0v) is 10.7. The number of carbonyl (C=O) groups excluding carboxylic acids is 1. The Morgan fingerprint density at radius 3 is 2.47 bits per heavy atom. The molecule has 1 aromatic carbocycles. The number of anilines is 1. The Morgan fingerprint density at radius 1 is 1.29 bits per heavy atom. The van der Waals surface area contributed by atoms with E-state index in [0.717, 1.165) is 18.7 Å². The maximum Gasteiger partial charge on any atom is 0.255 e. The minimum atomic E-state index is 0.0717. The molecule has 1 aliphatic heterocycles. The van der Waals surface area contributed by atoms with Crippen molar-refractivity contribution >= 4 is 11.6 Å². The molecule has 2 rings (SSSR count). The summed E-state index contributed by atoms with van der Waals surface area (Å²) in [4.78, 5) is 14.3. The monoisotopic (exact) mass is 232 g/mol. The number of rotatable bonds is 1. The predicted octanol–water partition coefficient (Wildman–Crippen LogP) is 2.31. The van der Waals surface area contributed by atoms with Crippen molar-refractivity contribution in [3.63, 3.8) is 0 Å². The molecule has 1 aromatic rings. The van der Waals surface area contributed by atoms with Crippen molar-refractivity contribution in [2.45, 2.75) is 20.8 Å². The molecule has 2 N–H and O–H groups in total. The van der Waals surface area contributed by atoms with Gasteiger partial charge in [-0.05, 0) is 30.4 Å². The number of aryl methyl sites for hydroxylation is 1. The van der Waals surface area contributed by atoms with Crippen molar-refractivity contribution < 1.29 is 4.79 Å². The molecule has 0 saturated carbocycles. The Balaban J connectivity index is 2.24. The summed E-state index contributed by atoms with van der Waals surface area (Å²) in [7, 11) is 0. The minimum Gasteiger partial charge on any atom is -0.398 e. The van der Waals surface area contributed by atoms with Crippen LogP contribution in [0.3, 0.4) is 0 Å². The molecule has 0 radical (unpaired) electrons. The lowest BCUT2D eigenvalue weighted by atomic mass is 10.0. The Bertz CT molecular complexity index is 432. The molecule has 0 aliphatic carbocycles. The Labute approximate surface area is 103 Å². The third kappa shape index (κ3) is 2.14. The average molecular weight is 232 g/mol. The van der Waals surface area contributed by atoms with Crippen molar-refractivity contribution in [3.05, 3.63) is 29.3 Å². The lowest BCUT2D eigenvalue weighted by Gasteiger charge is -2.17. The molecule has 1 fully saturated rings. The molecule has 17 heavy (non-hydrogen) atoms. The summed E-state index contributed by atoms with van der Waals surface area (Å²) >= 11 is 0. The summed E-state index contributed by atoms with van der Waals surface area (Å²) in [6.45, 7) is 8.00. The number of nitrogens with two attached hydrogens (primary N) is 1. The molecule has 1 saturated heterocycles. The molecular weight excluding hydrogens is 212 g/mol. The first-order chi connectivity index (χ1) is 8.00. The lowest BCUT2D eigenvalue weighted by Crippen LogP contribution is -2.29. The molecule has 2 atom stereocenters. The van der Waals surface area contributed by atoms with E-state index in [0.29, 0.717) is 23.1 Å². The van der Waals surface area contributed by atoms with Crippen LogP contribution in [0.4, 0.5) is 5.69 Å². The maximum absolute atomic E-state index is 12.4. The number of nitrogens with zero attached hydrogens (tertiary/aromatic N) is 1. The van der Waals surface area contributed by atoms with Gasteiger partial charge in [0.15, 0.2) is 0 Å². The van der Waals surface area contributed by atoms with Gasteiger partial charge in [-0.1, -0.05) is 26.0 Å². The van der Waals surface area contributed by atoms with Gasteiger partial charge >= 0.3 is 0 Å². The molecule has 1 heterocycles. The Hall–Kier alpha value is -1.51. The van der Waals surface area contributed by atoms with Crippen LogP contribution in [0, 0.1) is 18.8 Å². The number of amides is 1. The van der Waals surface area contributed by atoms with Crippen LogP contribution in [0.2, 0.25) is 0 Å². The average Bonchev–Trinajstić information content (AvgIpc) is 2.62. The first-order valence-electron chi connectivity index (χ1n) is 6.15. The minimum absolute atomic E-state index is 0.0717. The number of likely N-dealkylation sites (tertiary alicyclic amines) is 1. The quantitative estimate of drug-likeness (QED) is 0.755. The summed E-state index contributed by atoms with van der Waals surface area (Å²) in [6, 6.07) is 5.64. The van der Waals surface area contributed by atoms with Crippen molar-refractivity contribution in [1.82, 2.24) is 4.90 Å². The van der Waals surface area contributed by atoms with Crippen LogP contribution in [-0.4, -0.2) is 23.9 Å². The number of benzene rings is 1. The number of para-hydroxylation sites is 1. The van der Waals surface area contributed by atoms with Gasteiger partial charge in [-0.3, -0.25) is 4.79 Å². The number of hydrogen-bond acceptors (Lipinski definition) is 2. The fourth-order valence-electron chi connectivity index (χ4n) is 2.33. The zero-order chi connectivity index (χ0) is 12.6. The lowest BCUT2D eigenvalue weighted by molar-refractivity contribution is 0.0786. The van der Waals surface area contributed by atoms with E-state index < -0.39 is 0 Å². The van der Waals surface area contributed by atoms with Crippen LogP contribution < -0.4 is 5.73 Å². The van der Waals surface area contributed by atoms with Crippen LogP contribution in [0.15, 0.2) is 18.2 Å². The van der Waals surface area contributed by atoms with Crippen molar-refractivity contribution in [2.75, 3.05) is 18.8 Å². The maximum atomic E-state index is 12.4. The normalized spacial score (nSPS) is 24.1. The summed E-state index contributed by atoms with van der Waals surface area (Å²) in [5.74, 6) is 1.22. The Morgan fingerprint density at radius 2 is 1.88 bits per heavy atom. The molecule has 1 amide bonds. The summed E-state index contributed by atoms with van der Waals surface area (Å²) < 4.78 is 0. The van der Waals surface area contributed by atoms with Gasteiger partial charge in [0.25, 0.3) is 5.91 Å². The van der Waals surface area contributed by atoms with Gasteiger partial charge in [0, 0.05) is 18.8 Å². The number of nitrogen functional groups attached to an aromatic ring is 1. The fourth-order valence-corrected chi connectivity index (χ4v) is 2.33. The molecule has 2 unspecified atom stereocenters. The molecule has 0 bridgehead atoms. The zero-order valence-electron chi connectivity index (χ0n) is 10.7. The first kappa shape index (κ1) is 12.0. The molecule has 3 heteroatoms. The fraction of sp³-hybridized carbons (Fsp3) is 0.500. The van der Waals surface area contributed by atoms with Crippen molar-refractivity contribution in [1.29, 1.82) is 0 Å². The van der Waals surface area contributed by atoms with Crippen LogP contribution in [0.25, 0.3) is 0 Å². The molecule has 92 valence electrons. The standard InChI is InChI=1S/C14H20N2O/c1-9-5-4-6-12(13(9)15)14(17)16-7-10(2)11(3)8-16/h4-6,10-11H,7-8,15H2,1-3H3. The van der Waals surface area contributed by atoms with E-state index in [1.165, 1.54) is 0 Å². The number of hydrogen-bond donors (Lipinski definition) is 1. The van der Waals surface area contributed by atoms with Gasteiger partial charge in [0.1, 0.15) is 0 Å². The Kier molecular flexibility index (Phi) is 3.09. The van der Waals surface area contributed by atoms with Crippen molar-refractivity contribution in [2.24, 2.45) is 11.8 Å². The van der Waals surface area contributed by atoms with Gasteiger partial charge in [-0.2, -0.15) is 0 Å². The highest BCUT2D eigenvalue weighted by Crippen LogP contribution is 2.26. The van der Waals surface area contributed by atoms with E-state index in [4.69, 9.17) is 5.73 Å². The van der Waals surface area contributed by atoms with E-state index in [2.05, 4.69) is 13.8 Å². The molecular formula is C14H20N2O. The molecule has 3 nitrogen and oxygen atoms in total. The largest absolute Gasteiger partial charge is 0.398 e. The molecule has 0 spiro atoms. The van der Waals surface area contributed by atoms with Gasteiger partial charge in [-0.25, -0.2) is 0 Å².